The number of halogens is 1. The highest BCUT2D eigenvalue weighted by atomic mass is 19.1. The Morgan fingerprint density at radius 2 is 2.08 bits per heavy atom. The van der Waals surface area contributed by atoms with Crippen LogP contribution in [0.3, 0.4) is 0 Å². The fourth-order valence-corrected chi connectivity index (χ4v) is 3.07. The van der Waals surface area contributed by atoms with E-state index >= 15 is 0 Å². The number of rotatable bonds is 3. The summed E-state index contributed by atoms with van der Waals surface area (Å²) in [5.41, 5.74) is 2.19. The highest BCUT2D eigenvalue weighted by molar-refractivity contribution is 5.80. The van der Waals surface area contributed by atoms with Crippen LogP contribution >= 0.6 is 0 Å². The molecule has 0 saturated carbocycles. The van der Waals surface area contributed by atoms with Crippen LogP contribution in [0, 0.1) is 5.82 Å². The highest BCUT2D eigenvalue weighted by Gasteiger charge is 2.19. The molecule has 3 heterocycles. The van der Waals surface area contributed by atoms with Crippen LogP contribution in [-0.4, -0.2) is 43.6 Å². The molecule has 2 aromatic heterocycles. The number of hydrogen-bond acceptors (Lipinski definition) is 4. The molecule has 0 unspecified atom stereocenters. The standard InChI is InChI=1S/C18H16FN5O2/c19-14-3-1-12(2-4-14)13-5-7-23(8-6-13)16(25)10-24-17-15(9-22-24)18(26)21-11-20-17/h1-5,9,11H,6-8,10H2,(H,20,21,26). The third-order valence-electron chi connectivity index (χ3n) is 4.50. The van der Waals surface area contributed by atoms with Gasteiger partial charge >= 0.3 is 0 Å². The highest BCUT2D eigenvalue weighted by Crippen LogP contribution is 2.22. The van der Waals surface area contributed by atoms with Gasteiger partial charge in [-0.2, -0.15) is 5.10 Å². The summed E-state index contributed by atoms with van der Waals surface area (Å²) < 4.78 is 14.5. The second-order valence-electron chi connectivity index (χ2n) is 6.10. The molecule has 1 amide bonds. The first kappa shape index (κ1) is 16.2. The van der Waals surface area contributed by atoms with E-state index in [-0.39, 0.29) is 23.8 Å². The van der Waals surface area contributed by atoms with Crippen molar-refractivity contribution in [1.29, 1.82) is 0 Å². The number of nitrogens with zero attached hydrogens (tertiary/aromatic N) is 4. The number of aromatic amines is 1. The monoisotopic (exact) mass is 353 g/mol. The first-order chi connectivity index (χ1) is 12.6. The molecule has 0 bridgehead atoms. The molecule has 0 fully saturated rings. The molecular formula is C18H16FN5O2. The predicted molar refractivity (Wildman–Crippen MR) is 93.7 cm³/mol. The van der Waals surface area contributed by atoms with Crippen molar-refractivity contribution in [1.82, 2.24) is 24.6 Å². The number of hydrogen-bond donors (Lipinski definition) is 1. The van der Waals surface area contributed by atoms with Gasteiger partial charge < -0.3 is 9.88 Å². The van der Waals surface area contributed by atoms with Gasteiger partial charge in [0.1, 0.15) is 17.7 Å². The molecule has 1 aliphatic heterocycles. The van der Waals surface area contributed by atoms with Crippen LogP contribution in [0.25, 0.3) is 16.6 Å². The van der Waals surface area contributed by atoms with Gasteiger partial charge in [0.2, 0.25) is 5.91 Å². The average Bonchev–Trinajstić information content (AvgIpc) is 3.07. The van der Waals surface area contributed by atoms with Crippen LogP contribution in [0.4, 0.5) is 4.39 Å². The summed E-state index contributed by atoms with van der Waals surface area (Å²) in [6, 6.07) is 6.37. The summed E-state index contributed by atoms with van der Waals surface area (Å²) in [6.45, 7) is 1.09. The lowest BCUT2D eigenvalue weighted by Gasteiger charge is -2.26. The van der Waals surface area contributed by atoms with E-state index in [1.807, 2.05) is 6.08 Å². The summed E-state index contributed by atoms with van der Waals surface area (Å²) in [5.74, 6) is -0.354. The lowest BCUT2D eigenvalue weighted by Crippen LogP contribution is -2.37. The Bertz CT molecular complexity index is 1050. The zero-order valence-electron chi connectivity index (χ0n) is 13.9. The lowest BCUT2D eigenvalue weighted by molar-refractivity contribution is -0.131. The molecule has 8 heteroatoms. The van der Waals surface area contributed by atoms with Crippen molar-refractivity contribution in [2.24, 2.45) is 0 Å². The zero-order chi connectivity index (χ0) is 18.1. The third-order valence-corrected chi connectivity index (χ3v) is 4.50. The minimum Gasteiger partial charge on any atom is -0.337 e. The molecular weight excluding hydrogens is 337 g/mol. The fourth-order valence-electron chi connectivity index (χ4n) is 3.07. The Morgan fingerprint density at radius 1 is 1.27 bits per heavy atom. The van der Waals surface area contributed by atoms with E-state index in [1.54, 1.807) is 17.0 Å². The molecule has 1 N–H and O–H groups in total. The number of carbonyl (C=O) groups excluding carboxylic acids is 1. The summed E-state index contributed by atoms with van der Waals surface area (Å²) in [6.07, 6.45) is 5.40. The van der Waals surface area contributed by atoms with E-state index in [0.717, 1.165) is 11.1 Å². The van der Waals surface area contributed by atoms with Gasteiger partial charge in [0, 0.05) is 13.1 Å². The number of H-pyrrole nitrogens is 1. The molecule has 132 valence electrons. The Hall–Kier alpha value is -3.29. The third kappa shape index (κ3) is 3.01. The number of aromatic nitrogens is 4. The molecule has 7 nitrogen and oxygen atoms in total. The maximum atomic E-state index is 13.0. The van der Waals surface area contributed by atoms with Crippen LogP contribution in [0.5, 0.6) is 0 Å². The van der Waals surface area contributed by atoms with Crippen molar-refractivity contribution in [3.05, 3.63) is 64.6 Å². The van der Waals surface area contributed by atoms with Gasteiger partial charge in [-0.05, 0) is 29.7 Å². The maximum absolute atomic E-state index is 13.0. The van der Waals surface area contributed by atoms with Gasteiger partial charge in [0.05, 0.1) is 12.5 Å². The van der Waals surface area contributed by atoms with Crippen molar-refractivity contribution in [3.8, 4) is 0 Å². The smallest absolute Gasteiger partial charge is 0.261 e. The number of benzene rings is 1. The quantitative estimate of drug-likeness (QED) is 0.775. The summed E-state index contributed by atoms with van der Waals surface area (Å²) in [5, 5.41) is 4.46. The Balaban J connectivity index is 1.47. The van der Waals surface area contributed by atoms with Gasteiger partial charge in [-0.15, -0.1) is 0 Å². The van der Waals surface area contributed by atoms with E-state index in [0.29, 0.717) is 30.5 Å². The van der Waals surface area contributed by atoms with Gasteiger partial charge in [-0.25, -0.2) is 14.1 Å². The van der Waals surface area contributed by atoms with E-state index in [1.165, 1.54) is 29.3 Å². The van der Waals surface area contributed by atoms with Gasteiger partial charge in [0.15, 0.2) is 5.65 Å². The minimum absolute atomic E-state index is 0.0275. The lowest BCUT2D eigenvalue weighted by atomic mass is 9.99. The first-order valence-electron chi connectivity index (χ1n) is 8.24. The van der Waals surface area contributed by atoms with Crippen molar-refractivity contribution >= 4 is 22.5 Å². The van der Waals surface area contributed by atoms with E-state index in [4.69, 9.17) is 0 Å². The minimum atomic E-state index is -0.279. The average molecular weight is 353 g/mol. The summed E-state index contributed by atoms with van der Waals surface area (Å²) in [7, 11) is 0. The number of amides is 1. The molecule has 1 aromatic carbocycles. The van der Waals surface area contributed by atoms with Crippen molar-refractivity contribution in [2.45, 2.75) is 13.0 Å². The topological polar surface area (TPSA) is 83.9 Å². The molecule has 0 aliphatic carbocycles. The molecule has 4 rings (SSSR count). The molecule has 3 aromatic rings. The second-order valence-corrected chi connectivity index (χ2v) is 6.10. The molecule has 26 heavy (non-hydrogen) atoms. The zero-order valence-corrected chi connectivity index (χ0v) is 13.9. The SMILES string of the molecule is O=C(Cn1ncc2c(=O)[nH]cnc21)N1CC=C(c2ccc(F)cc2)CC1. The van der Waals surface area contributed by atoms with E-state index in [9.17, 15) is 14.0 Å². The second kappa shape index (κ2) is 6.55. The first-order valence-corrected chi connectivity index (χ1v) is 8.24. The van der Waals surface area contributed by atoms with Crippen molar-refractivity contribution in [3.63, 3.8) is 0 Å². The van der Waals surface area contributed by atoms with Gasteiger partial charge in [-0.3, -0.25) is 9.59 Å². The molecule has 1 aliphatic rings. The fraction of sp³-hybridized carbons (Fsp3) is 0.222. The Morgan fingerprint density at radius 3 is 2.81 bits per heavy atom. The Kier molecular flexibility index (Phi) is 4.08. The van der Waals surface area contributed by atoms with Gasteiger partial charge in [-0.1, -0.05) is 18.2 Å². The normalized spacial score (nSPS) is 14.5. The van der Waals surface area contributed by atoms with Crippen LogP contribution < -0.4 is 5.56 Å². The van der Waals surface area contributed by atoms with Crippen LogP contribution in [0.15, 0.2) is 47.7 Å². The maximum Gasteiger partial charge on any atom is 0.261 e. The number of fused-ring (bicyclic) bond motifs is 1. The molecule has 0 atom stereocenters. The van der Waals surface area contributed by atoms with E-state index < -0.39 is 0 Å². The molecule has 0 spiro atoms. The summed E-state index contributed by atoms with van der Waals surface area (Å²) in [4.78, 5) is 32.6. The van der Waals surface area contributed by atoms with Crippen molar-refractivity contribution < 1.29 is 9.18 Å². The van der Waals surface area contributed by atoms with Crippen LogP contribution in [0.2, 0.25) is 0 Å². The predicted octanol–water partition coefficient (Wildman–Crippen LogP) is 1.57. The molecule has 0 saturated heterocycles. The van der Waals surface area contributed by atoms with Crippen molar-refractivity contribution in [2.75, 3.05) is 13.1 Å². The van der Waals surface area contributed by atoms with Crippen LogP contribution in [-0.2, 0) is 11.3 Å². The number of nitrogens with one attached hydrogen (secondary N) is 1. The molecule has 0 radical (unpaired) electrons. The number of carbonyl (C=O) groups is 1. The van der Waals surface area contributed by atoms with Crippen LogP contribution in [0.1, 0.15) is 12.0 Å². The Labute approximate surface area is 147 Å². The van der Waals surface area contributed by atoms with E-state index in [2.05, 4.69) is 15.1 Å². The largest absolute Gasteiger partial charge is 0.337 e. The van der Waals surface area contributed by atoms with Gasteiger partial charge in [0.25, 0.3) is 5.56 Å². The summed E-state index contributed by atoms with van der Waals surface area (Å²) >= 11 is 0.